The van der Waals surface area contributed by atoms with Crippen molar-refractivity contribution in [2.75, 3.05) is 31.6 Å². The van der Waals surface area contributed by atoms with Crippen LogP contribution in [-0.2, 0) is 4.79 Å². The number of carboxylic acid groups (broad SMARTS) is 1. The molecule has 2 unspecified atom stereocenters. The van der Waals surface area contributed by atoms with Gasteiger partial charge in [0.2, 0.25) is 0 Å². The third-order valence-corrected chi connectivity index (χ3v) is 5.65. The number of nitrogens with zero attached hydrogens (tertiary/aromatic N) is 2. The number of carboxylic acids is 1. The van der Waals surface area contributed by atoms with E-state index in [0.29, 0.717) is 32.0 Å². The van der Waals surface area contributed by atoms with E-state index >= 15 is 0 Å². The van der Waals surface area contributed by atoms with Gasteiger partial charge in [-0.25, -0.2) is 4.79 Å². The van der Waals surface area contributed by atoms with E-state index < -0.39 is 11.4 Å². The molecular formula is C13H22N2O3S. The number of carbonyl (C=O) groups excluding carboxylic acids is 1. The molecule has 6 heteroatoms. The van der Waals surface area contributed by atoms with Crippen LogP contribution in [0.2, 0.25) is 0 Å². The summed E-state index contributed by atoms with van der Waals surface area (Å²) in [5.41, 5.74) is -0.735. The lowest BCUT2D eigenvalue weighted by molar-refractivity contribution is -0.148. The van der Waals surface area contributed by atoms with Crippen LogP contribution in [-0.4, -0.2) is 64.6 Å². The van der Waals surface area contributed by atoms with E-state index in [0.717, 1.165) is 17.9 Å². The lowest BCUT2D eigenvalue weighted by atomic mass is 9.84. The van der Waals surface area contributed by atoms with Crippen molar-refractivity contribution >= 4 is 23.8 Å². The Labute approximate surface area is 118 Å². The molecule has 2 rings (SSSR count). The Bertz CT molecular complexity index is 371. The molecule has 0 aliphatic carbocycles. The first-order valence-corrected chi connectivity index (χ1v) is 7.98. The van der Waals surface area contributed by atoms with Crippen molar-refractivity contribution in [2.24, 2.45) is 5.41 Å². The highest BCUT2D eigenvalue weighted by Gasteiger charge is 2.45. The average Bonchev–Trinajstić information content (AvgIpc) is 3.06. The number of aliphatic carboxylic acids is 1. The first kappa shape index (κ1) is 14.5. The van der Waals surface area contributed by atoms with Crippen LogP contribution in [0.4, 0.5) is 4.79 Å². The smallest absolute Gasteiger partial charge is 0.320 e. The van der Waals surface area contributed by atoms with Crippen molar-refractivity contribution in [1.29, 1.82) is 0 Å². The molecule has 108 valence electrons. The van der Waals surface area contributed by atoms with Crippen LogP contribution < -0.4 is 0 Å². The standard InChI is InChI=1S/C13H22N2O3S/c1-3-13(11(16)17)5-6-15(9-13)12(18)14(2)10-4-7-19-8-10/h10H,3-9H2,1-2H3,(H,16,17). The van der Waals surface area contributed by atoms with Crippen LogP contribution in [0.15, 0.2) is 0 Å². The first-order valence-electron chi connectivity index (χ1n) is 6.83. The van der Waals surface area contributed by atoms with Gasteiger partial charge in [-0.1, -0.05) is 6.92 Å². The van der Waals surface area contributed by atoms with E-state index in [1.165, 1.54) is 0 Å². The highest BCUT2D eigenvalue weighted by atomic mass is 32.2. The first-order chi connectivity index (χ1) is 9.00. The summed E-state index contributed by atoms with van der Waals surface area (Å²) in [5.74, 6) is 1.33. The zero-order valence-corrected chi connectivity index (χ0v) is 12.4. The second-order valence-corrected chi connectivity index (χ2v) is 6.67. The molecule has 0 saturated carbocycles. The minimum absolute atomic E-state index is 0.0101. The maximum atomic E-state index is 12.4. The molecule has 2 saturated heterocycles. The van der Waals surface area contributed by atoms with Gasteiger partial charge >= 0.3 is 12.0 Å². The molecular weight excluding hydrogens is 264 g/mol. The third kappa shape index (κ3) is 2.68. The molecule has 2 aliphatic rings. The predicted octanol–water partition coefficient (Wildman–Crippen LogP) is 1.73. The Morgan fingerprint density at radius 1 is 1.53 bits per heavy atom. The Morgan fingerprint density at radius 2 is 2.26 bits per heavy atom. The van der Waals surface area contributed by atoms with Gasteiger partial charge in [0.05, 0.1) is 5.41 Å². The van der Waals surface area contributed by atoms with Gasteiger partial charge in [-0.3, -0.25) is 4.79 Å². The van der Waals surface area contributed by atoms with Crippen molar-refractivity contribution in [3.05, 3.63) is 0 Å². The minimum Gasteiger partial charge on any atom is -0.481 e. The number of urea groups is 1. The molecule has 2 heterocycles. The number of likely N-dealkylation sites (tertiary alicyclic amines) is 1. The molecule has 2 amide bonds. The largest absolute Gasteiger partial charge is 0.481 e. The fourth-order valence-corrected chi connectivity index (χ4v) is 4.12. The summed E-state index contributed by atoms with van der Waals surface area (Å²) in [6.45, 7) is 2.80. The van der Waals surface area contributed by atoms with Crippen molar-refractivity contribution in [3.63, 3.8) is 0 Å². The van der Waals surface area contributed by atoms with Gasteiger partial charge < -0.3 is 14.9 Å². The lowest BCUT2D eigenvalue weighted by Crippen LogP contribution is -2.46. The molecule has 1 N–H and O–H groups in total. The topological polar surface area (TPSA) is 60.9 Å². The molecule has 2 atom stereocenters. The van der Waals surface area contributed by atoms with E-state index in [1.807, 2.05) is 25.7 Å². The SMILES string of the molecule is CCC1(C(=O)O)CCN(C(=O)N(C)C2CCSC2)C1. The van der Waals surface area contributed by atoms with E-state index in [9.17, 15) is 14.7 Å². The quantitative estimate of drug-likeness (QED) is 0.858. The number of hydrogen-bond donors (Lipinski definition) is 1. The molecule has 5 nitrogen and oxygen atoms in total. The van der Waals surface area contributed by atoms with Gasteiger partial charge in [0.1, 0.15) is 0 Å². The predicted molar refractivity (Wildman–Crippen MR) is 75.4 cm³/mol. The summed E-state index contributed by atoms with van der Waals surface area (Å²) in [7, 11) is 1.84. The van der Waals surface area contributed by atoms with Crippen LogP contribution in [0.5, 0.6) is 0 Å². The molecule has 0 aromatic heterocycles. The number of hydrogen-bond acceptors (Lipinski definition) is 3. The normalized spacial score (nSPS) is 30.6. The number of amides is 2. The molecule has 2 aliphatic heterocycles. The maximum absolute atomic E-state index is 12.4. The lowest BCUT2D eigenvalue weighted by Gasteiger charge is -2.30. The molecule has 0 aromatic carbocycles. The summed E-state index contributed by atoms with van der Waals surface area (Å²) >= 11 is 1.87. The van der Waals surface area contributed by atoms with E-state index in [2.05, 4.69) is 0 Å². The van der Waals surface area contributed by atoms with Crippen LogP contribution in [0.25, 0.3) is 0 Å². The average molecular weight is 286 g/mol. The monoisotopic (exact) mass is 286 g/mol. The van der Waals surface area contributed by atoms with Gasteiger partial charge in [0.25, 0.3) is 0 Å². The third-order valence-electron chi connectivity index (χ3n) is 4.51. The summed E-state index contributed by atoms with van der Waals surface area (Å²) < 4.78 is 0. The molecule has 0 spiro atoms. The van der Waals surface area contributed by atoms with Gasteiger partial charge in [-0.05, 0) is 25.0 Å². The summed E-state index contributed by atoms with van der Waals surface area (Å²) in [6, 6.07) is 0.294. The van der Waals surface area contributed by atoms with Gasteiger partial charge in [0.15, 0.2) is 0 Å². The molecule has 0 bridgehead atoms. The van der Waals surface area contributed by atoms with Crippen molar-refractivity contribution in [2.45, 2.75) is 32.2 Å². The minimum atomic E-state index is -0.774. The van der Waals surface area contributed by atoms with Gasteiger partial charge in [0, 0.05) is 31.9 Å². The van der Waals surface area contributed by atoms with E-state index in [1.54, 1.807) is 9.80 Å². The zero-order chi connectivity index (χ0) is 14.0. The van der Waals surface area contributed by atoms with Crippen molar-refractivity contribution < 1.29 is 14.7 Å². The van der Waals surface area contributed by atoms with Crippen LogP contribution in [0, 0.1) is 5.41 Å². The molecule has 0 aromatic rings. The Balaban J connectivity index is 1.99. The van der Waals surface area contributed by atoms with Crippen LogP contribution in [0.1, 0.15) is 26.2 Å². The number of rotatable bonds is 3. The second-order valence-electron chi connectivity index (χ2n) is 5.52. The Morgan fingerprint density at radius 3 is 2.74 bits per heavy atom. The van der Waals surface area contributed by atoms with Crippen LogP contribution in [0.3, 0.4) is 0 Å². The fourth-order valence-electron chi connectivity index (χ4n) is 2.86. The molecule has 19 heavy (non-hydrogen) atoms. The van der Waals surface area contributed by atoms with E-state index in [-0.39, 0.29) is 6.03 Å². The summed E-state index contributed by atoms with van der Waals surface area (Å²) in [4.78, 5) is 27.3. The maximum Gasteiger partial charge on any atom is 0.320 e. The van der Waals surface area contributed by atoms with Crippen molar-refractivity contribution in [3.8, 4) is 0 Å². The number of carbonyl (C=O) groups is 2. The highest BCUT2D eigenvalue weighted by molar-refractivity contribution is 7.99. The zero-order valence-electron chi connectivity index (χ0n) is 11.6. The number of thioether (sulfide) groups is 1. The second kappa shape index (κ2) is 5.61. The summed E-state index contributed by atoms with van der Waals surface area (Å²) in [5, 5.41) is 9.36. The van der Waals surface area contributed by atoms with Crippen LogP contribution >= 0.6 is 11.8 Å². The molecule has 2 fully saturated rings. The fraction of sp³-hybridized carbons (Fsp3) is 0.846. The van der Waals surface area contributed by atoms with Gasteiger partial charge in [-0.15, -0.1) is 0 Å². The Hall–Kier alpha value is -0.910. The van der Waals surface area contributed by atoms with Crippen molar-refractivity contribution in [1.82, 2.24) is 9.80 Å². The molecule has 0 radical (unpaired) electrons. The summed E-state index contributed by atoms with van der Waals surface area (Å²) in [6.07, 6.45) is 2.19. The Kier molecular flexibility index (Phi) is 4.28. The van der Waals surface area contributed by atoms with Gasteiger partial charge in [-0.2, -0.15) is 11.8 Å². The highest BCUT2D eigenvalue weighted by Crippen LogP contribution is 2.35. The van der Waals surface area contributed by atoms with E-state index in [4.69, 9.17) is 0 Å².